The molecule has 0 spiro atoms. The van der Waals surface area contributed by atoms with Gasteiger partial charge in [0.15, 0.2) is 6.04 Å². The van der Waals surface area contributed by atoms with Crippen molar-refractivity contribution in [3.05, 3.63) is 59.1 Å². The van der Waals surface area contributed by atoms with E-state index in [1.807, 2.05) is 0 Å². The molecule has 10 heteroatoms. The van der Waals surface area contributed by atoms with E-state index in [0.29, 0.717) is 5.02 Å². The van der Waals surface area contributed by atoms with Crippen molar-refractivity contribution in [3.8, 4) is 0 Å². The number of ether oxygens (including phenoxy) is 1. The average molecular weight is 413 g/mol. The summed E-state index contributed by atoms with van der Waals surface area (Å²) >= 11 is 5.84. The van der Waals surface area contributed by atoms with Crippen molar-refractivity contribution in [2.75, 3.05) is 18.4 Å². The number of sulfonamides is 1. The van der Waals surface area contributed by atoms with Crippen molar-refractivity contribution >= 4 is 39.2 Å². The highest BCUT2D eigenvalue weighted by atomic mass is 35.5. The van der Waals surface area contributed by atoms with Crippen LogP contribution >= 0.6 is 11.6 Å². The molecule has 0 heterocycles. The minimum atomic E-state index is -3.97. The zero-order valence-electron chi connectivity index (χ0n) is 14.2. The molecule has 3 N–H and O–H groups in total. The summed E-state index contributed by atoms with van der Waals surface area (Å²) in [4.78, 5) is 23.5. The highest BCUT2D eigenvalue weighted by Gasteiger charge is 2.22. The smallest absolute Gasteiger partial charge is 0.330 e. The van der Waals surface area contributed by atoms with Gasteiger partial charge in [-0.05, 0) is 36.4 Å². The van der Waals surface area contributed by atoms with Gasteiger partial charge in [0.05, 0.1) is 24.3 Å². The summed E-state index contributed by atoms with van der Waals surface area (Å²) in [7, 11) is -2.85. The SMILES string of the molecule is COC(=O)[C@@H](CO)NC(=O)c1cccc(S(=O)(=O)Nc2cccc(Cl)c2)c1. The van der Waals surface area contributed by atoms with Crippen LogP contribution in [0, 0.1) is 0 Å². The highest BCUT2D eigenvalue weighted by Crippen LogP contribution is 2.20. The van der Waals surface area contributed by atoms with Crippen molar-refractivity contribution in [2.24, 2.45) is 0 Å². The van der Waals surface area contributed by atoms with E-state index in [0.717, 1.165) is 13.2 Å². The first-order valence-corrected chi connectivity index (χ1v) is 9.51. The van der Waals surface area contributed by atoms with E-state index < -0.39 is 34.5 Å². The lowest BCUT2D eigenvalue weighted by Crippen LogP contribution is -2.44. The fourth-order valence-corrected chi connectivity index (χ4v) is 3.42. The van der Waals surface area contributed by atoms with Crippen LogP contribution in [0.4, 0.5) is 5.69 Å². The normalized spacial score (nSPS) is 12.1. The molecule has 0 aliphatic heterocycles. The number of aliphatic hydroxyl groups is 1. The van der Waals surface area contributed by atoms with Crippen molar-refractivity contribution in [1.29, 1.82) is 0 Å². The summed E-state index contributed by atoms with van der Waals surface area (Å²) in [6.45, 7) is -0.660. The maximum absolute atomic E-state index is 12.5. The fraction of sp³-hybridized carbons (Fsp3) is 0.176. The summed E-state index contributed by atoms with van der Waals surface area (Å²) in [5, 5.41) is 11.8. The fourth-order valence-electron chi connectivity index (χ4n) is 2.13. The van der Waals surface area contributed by atoms with E-state index in [1.165, 1.54) is 30.3 Å². The molecule has 144 valence electrons. The molecule has 1 atom stereocenters. The van der Waals surface area contributed by atoms with Crippen LogP contribution in [-0.2, 0) is 19.6 Å². The molecular weight excluding hydrogens is 396 g/mol. The molecule has 2 rings (SSSR count). The van der Waals surface area contributed by atoms with E-state index in [-0.39, 0.29) is 16.1 Å². The van der Waals surface area contributed by atoms with E-state index in [2.05, 4.69) is 14.8 Å². The number of aliphatic hydroxyl groups excluding tert-OH is 1. The number of nitrogens with one attached hydrogen (secondary N) is 2. The Kier molecular flexibility index (Phi) is 6.78. The third-order valence-corrected chi connectivity index (χ3v) is 5.07. The first-order chi connectivity index (χ1) is 12.8. The Labute approximate surface area is 161 Å². The Morgan fingerprint density at radius 3 is 2.52 bits per heavy atom. The van der Waals surface area contributed by atoms with Gasteiger partial charge in [0.1, 0.15) is 0 Å². The number of rotatable bonds is 7. The maximum atomic E-state index is 12.5. The van der Waals surface area contributed by atoms with Gasteiger partial charge in [0.25, 0.3) is 15.9 Å². The number of amides is 1. The third-order valence-electron chi connectivity index (χ3n) is 3.46. The minimum absolute atomic E-state index is 0.00804. The molecular formula is C17H17ClN2O6S. The standard InChI is InChI=1S/C17H17ClN2O6S/c1-26-17(23)15(10-21)19-16(22)11-4-2-7-14(8-11)27(24,25)20-13-6-3-5-12(18)9-13/h2-9,15,20-21H,10H2,1H3,(H,19,22)/t15-/m1/s1. The summed E-state index contributed by atoms with van der Waals surface area (Å²) in [5.41, 5.74) is 0.259. The Morgan fingerprint density at radius 2 is 1.89 bits per heavy atom. The van der Waals surface area contributed by atoms with Crippen LogP contribution in [-0.4, -0.2) is 45.2 Å². The number of anilines is 1. The number of hydrogen-bond donors (Lipinski definition) is 3. The van der Waals surface area contributed by atoms with Gasteiger partial charge in [-0.2, -0.15) is 0 Å². The second-order valence-corrected chi connectivity index (χ2v) is 7.49. The zero-order valence-corrected chi connectivity index (χ0v) is 15.8. The van der Waals surface area contributed by atoms with Crippen molar-refractivity contribution < 1.29 is 27.9 Å². The lowest BCUT2D eigenvalue weighted by molar-refractivity contribution is -0.143. The van der Waals surface area contributed by atoms with Crippen LogP contribution in [0.5, 0.6) is 0 Å². The molecule has 0 aliphatic carbocycles. The number of benzene rings is 2. The molecule has 0 aromatic heterocycles. The van der Waals surface area contributed by atoms with Crippen LogP contribution in [0.3, 0.4) is 0 Å². The van der Waals surface area contributed by atoms with E-state index in [4.69, 9.17) is 16.7 Å². The monoisotopic (exact) mass is 412 g/mol. The summed E-state index contributed by atoms with van der Waals surface area (Å²) in [6.07, 6.45) is 0. The summed E-state index contributed by atoms with van der Waals surface area (Å²) in [5.74, 6) is -1.56. The van der Waals surface area contributed by atoms with Gasteiger partial charge in [-0.3, -0.25) is 9.52 Å². The molecule has 27 heavy (non-hydrogen) atoms. The molecule has 0 unspecified atom stereocenters. The Hall–Kier alpha value is -2.62. The molecule has 2 aromatic rings. The molecule has 0 fully saturated rings. The molecule has 0 radical (unpaired) electrons. The molecule has 0 aliphatic rings. The number of carbonyl (C=O) groups excluding carboxylic acids is 2. The number of carbonyl (C=O) groups is 2. The van der Waals surface area contributed by atoms with E-state index >= 15 is 0 Å². The number of halogens is 1. The number of hydrogen-bond acceptors (Lipinski definition) is 6. The van der Waals surface area contributed by atoms with E-state index in [1.54, 1.807) is 12.1 Å². The third kappa shape index (κ3) is 5.43. The topological polar surface area (TPSA) is 122 Å². The van der Waals surface area contributed by atoms with Crippen molar-refractivity contribution in [3.63, 3.8) is 0 Å². The van der Waals surface area contributed by atoms with Crippen LogP contribution in [0.25, 0.3) is 0 Å². The zero-order chi connectivity index (χ0) is 20.0. The van der Waals surface area contributed by atoms with Crippen LogP contribution in [0.2, 0.25) is 5.02 Å². The predicted molar refractivity (Wildman–Crippen MR) is 99.1 cm³/mol. The first-order valence-electron chi connectivity index (χ1n) is 7.65. The minimum Gasteiger partial charge on any atom is -0.467 e. The van der Waals surface area contributed by atoms with Gasteiger partial charge in [0.2, 0.25) is 0 Å². The lowest BCUT2D eigenvalue weighted by atomic mass is 10.2. The maximum Gasteiger partial charge on any atom is 0.330 e. The summed E-state index contributed by atoms with van der Waals surface area (Å²) < 4.78 is 31.9. The van der Waals surface area contributed by atoms with Crippen molar-refractivity contribution in [1.82, 2.24) is 5.32 Å². The van der Waals surface area contributed by atoms with Gasteiger partial charge >= 0.3 is 5.97 Å². The van der Waals surface area contributed by atoms with Gasteiger partial charge < -0.3 is 15.2 Å². The van der Waals surface area contributed by atoms with Crippen LogP contribution < -0.4 is 10.0 Å². The Morgan fingerprint density at radius 1 is 1.19 bits per heavy atom. The molecule has 0 bridgehead atoms. The molecule has 0 saturated heterocycles. The van der Waals surface area contributed by atoms with Gasteiger partial charge in [0, 0.05) is 10.6 Å². The Balaban J connectivity index is 2.23. The van der Waals surface area contributed by atoms with Crippen molar-refractivity contribution in [2.45, 2.75) is 10.9 Å². The predicted octanol–water partition coefficient (Wildman–Crippen LogP) is 1.40. The number of esters is 1. The van der Waals surface area contributed by atoms with E-state index in [9.17, 15) is 18.0 Å². The quantitative estimate of drug-likeness (QED) is 0.591. The van der Waals surface area contributed by atoms with Crippen LogP contribution in [0.15, 0.2) is 53.4 Å². The average Bonchev–Trinajstić information content (AvgIpc) is 2.65. The highest BCUT2D eigenvalue weighted by molar-refractivity contribution is 7.92. The molecule has 8 nitrogen and oxygen atoms in total. The van der Waals surface area contributed by atoms with Gasteiger partial charge in [-0.15, -0.1) is 0 Å². The molecule has 1 amide bonds. The lowest BCUT2D eigenvalue weighted by Gasteiger charge is -2.14. The molecule has 0 saturated carbocycles. The molecule has 2 aromatic carbocycles. The largest absolute Gasteiger partial charge is 0.467 e. The van der Waals surface area contributed by atoms with Gasteiger partial charge in [-0.1, -0.05) is 23.7 Å². The Bertz CT molecular complexity index is 948. The second-order valence-electron chi connectivity index (χ2n) is 5.38. The van der Waals surface area contributed by atoms with Gasteiger partial charge in [-0.25, -0.2) is 13.2 Å². The van der Waals surface area contributed by atoms with Crippen LogP contribution in [0.1, 0.15) is 10.4 Å². The summed E-state index contributed by atoms with van der Waals surface area (Å²) in [6, 6.07) is 10.1. The second kappa shape index (κ2) is 8.85. The first kappa shape index (κ1) is 20.7. The number of methoxy groups -OCH3 is 1.